The molecule has 0 fully saturated rings. The summed E-state index contributed by atoms with van der Waals surface area (Å²) in [6, 6.07) is 1.25. The summed E-state index contributed by atoms with van der Waals surface area (Å²) in [4.78, 5) is 26.2. The van der Waals surface area contributed by atoms with Gasteiger partial charge in [-0.25, -0.2) is 9.78 Å². The summed E-state index contributed by atoms with van der Waals surface area (Å²) in [6.07, 6.45) is -2.14. The van der Waals surface area contributed by atoms with Crippen LogP contribution in [0.2, 0.25) is 0 Å². The molecule has 0 saturated heterocycles. The van der Waals surface area contributed by atoms with Crippen molar-refractivity contribution in [3.05, 3.63) is 23.4 Å². The van der Waals surface area contributed by atoms with Crippen LogP contribution in [0, 0.1) is 0 Å². The van der Waals surface area contributed by atoms with Gasteiger partial charge in [0.15, 0.2) is 0 Å². The number of hydrogen-bond acceptors (Lipinski definition) is 8. The number of esters is 2. The number of ether oxygens (including phenoxy) is 2. The molecular formula is C12H16N2O6. The highest BCUT2D eigenvalue weighted by molar-refractivity contribution is 5.89. The lowest BCUT2D eigenvalue weighted by Crippen LogP contribution is -2.24. The molecule has 0 aliphatic carbocycles. The van der Waals surface area contributed by atoms with Gasteiger partial charge >= 0.3 is 11.9 Å². The van der Waals surface area contributed by atoms with Gasteiger partial charge in [0.1, 0.15) is 11.9 Å². The summed E-state index contributed by atoms with van der Waals surface area (Å²) in [5.74, 6) is -1.41. The van der Waals surface area contributed by atoms with E-state index in [0.29, 0.717) is 0 Å². The first-order valence-electron chi connectivity index (χ1n) is 5.67. The van der Waals surface area contributed by atoms with Gasteiger partial charge in [0.25, 0.3) is 0 Å². The first-order valence-corrected chi connectivity index (χ1v) is 5.67. The Kier molecular flexibility index (Phi) is 5.42. The second-order valence-corrected chi connectivity index (χ2v) is 3.98. The highest BCUT2D eigenvalue weighted by atomic mass is 16.5. The Morgan fingerprint density at radius 3 is 2.55 bits per heavy atom. The van der Waals surface area contributed by atoms with E-state index in [4.69, 9.17) is 5.73 Å². The molecule has 0 saturated carbocycles. The van der Waals surface area contributed by atoms with E-state index in [-0.39, 0.29) is 16.9 Å². The van der Waals surface area contributed by atoms with Gasteiger partial charge in [-0.2, -0.15) is 0 Å². The number of pyridine rings is 1. The third kappa shape index (κ3) is 3.65. The summed E-state index contributed by atoms with van der Waals surface area (Å²) in [6.45, 7) is 0. The predicted molar refractivity (Wildman–Crippen MR) is 67.6 cm³/mol. The molecule has 0 aromatic carbocycles. The molecule has 0 aliphatic rings. The maximum absolute atomic E-state index is 11.4. The van der Waals surface area contributed by atoms with Crippen LogP contribution in [0.5, 0.6) is 0 Å². The van der Waals surface area contributed by atoms with Crippen molar-refractivity contribution in [1.29, 1.82) is 0 Å². The Balaban J connectivity index is 2.99. The molecule has 1 rings (SSSR count). The molecule has 1 heterocycles. The fraction of sp³-hybridized carbons (Fsp3) is 0.417. The number of hydrogen-bond donors (Lipinski definition) is 3. The standard InChI is InChI=1S/C12H16N2O6/c1-19-9(16)4-8(15)10(17)7-3-6(12(18)20-2)5-14-11(7)13/h3,5,8,10,15,17H,4H2,1-2H3,(H2,13,14). The number of rotatable bonds is 5. The largest absolute Gasteiger partial charge is 0.469 e. The second kappa shape index (κ2) is 6.83. The number of aliphatic hydroxyl groups is 2. The van der Waals surface area contributed by atoms with Gasteiger partial charge in [-0.1, -0.05) is 0 Å². The Hall–Kier alpha value is -2.19. The molecule has 1 aromatic rings. The van der Waals surface area contributed by atoms with Crippen LogP contribution in [0.4, 0.5) is 5.82 Å². The normalized spacial score (nSPS) is 13.4. The monoisotopic (exact) mass is 284 g/mol. The lowest BCUT2D eigenvalue weighted by atomic mass is 10.0. The molecule has 0 bridgehead atoms. The molecule has 20 heavy (non-hydrogen) atoms. The molecule has 0 spiro atoms. The van der Waals surface area contributed by atoms with Crippen molar-refractivity contribution in [3.63, 3.8) is 0 Å². The van der Waals surface area contributed by atoms with Crippen molar-refractivity contribution >= 4 is 17.8 Å². The summed E-state index contributed by atoms with van der Waals surface area (Å²) in [5.41, 5.74) is 5.68. The van der Waals surface area contributed by atoms with E-state index in [2.05, 4.69) is 14.5 Å². The zero-order valence-electron chi connectivity index (χ0n) is 11.1. The average Bonchev–Trinajstić information content (AvgIpc) is 2.45. The Bertz CT molecular complexity index is 505. The molecule has 8 nitrogen and oxygen atoms in total. The van der Waals surface area contributed by atoms with Gasteiger partial charge in [-0.3, -0.25) is 4.79 Å². The zero-order valence-corrected chi connectivity index (χ0v) is 11.1. The predicted octanol–water partition coefficient (Wildman–Crippen LogP) is -0.592. The lowest BCUT2D eigenvalue weighted by Gasteiger charge is -2.18. The van der Waals surface area contributed by atoms with Gasteiger partial charge in [0.05, 0.1) is 32.3 Å². The SMILES string of the molecule is COC(=O)CC(O)C(O)c1cc(C(=O)OC)cnc1N. The van der Waals surface area contributed by atoms with Gasteiger partial charge in [-0.05, 0) is 6.07 Å². The third-order valence-corrected chi connectivity index (χ3v) is 2.66. The molecule has 2 atom stereocenters. The smallest absolute Gasteiger partial charge is 0.339 e. The number of carbonyl (C=O) groups is 2. The Labute approximate surface area is 115 Å². The number of methoxy groups -OCH3 is 2. The summed E-state index contributed by atoms with van der Waals surface area (Å²) in [5, 5.41) is 19.7. The van der Waals surface area contributed by atoms with E-state index >= 15 is 0 Å². The van der Waals surface area contributed by atoms with E-state index in [1.54, 1.807) is 0 Å². The molecule has 2 unspecified atom stereocenters. The topological polar surface area (TPSA) is 132 Å². The first-order chi connectivity index (χ1) is 9.40. The minimum atomic E-state index is -1.48. The van der Waals surface area contributed by atoms with Gasteiger partial charge < -0.3 is 25.4 Å². The van der Waals surface area contributed by atoms with Crippen LogP contribution in [-0.2, 0) is 14.3 Å². The van der Waals surface area contributed by atoms with Crippen molar-refractivity contribution in [2.45, 2.75) is 18.6 Å². The van der Waals surface area contributed by atoms with Crippen LogP contribution in [0.1, 0.15) is 28.4 Å². The van der Waals surface area contributed by atoms with E-state index in [9.17, 15) is 19.8 Å². The van der Waals surface area contributed by atoms with Crippen molar-refractivity contribution in [2.24, 2.45) is 0 Å². The van der Waals surface area contributed by atoms with Crippen molar-refractivity contribution in [1.82, 2.24) is 4.98 Å². The third-order valence-electron chi connectivity index (χ3n) is 2.66. The number of aliphatic hydroxyl groups excluding tert-OH is 2. The van der Waals surface area contributed by atoms with Crippen LogP contribution in [0.3, 0.4) is 0 Å². The number of anilines is 1. The molecule has 0 amide bonds. The van der Waals surface area contributed by atoms with Crippen molar-refractivity contribution in [3.8, 4) is 0 Å². The Morgan fingerprint density at radius 1 is 1.35 bits per heavy atom. The maximum Gasteiger partial charge on any atom is 0.339 e. The van der Waals surface area contributed by atoms with Gasteiger partial charge in [0, 0.05) is 11.8 Å². The number of nitrogens with zero attached hydrogens (tertiary/aromatic N) is 1. The molecule has 1 aromatic heterocycles. The quantitative estimate of drug-likeness (QED) is 0.611. The number of nitrogens with two attached hydrogens (primary N) is 1. The van der Waals surface area contributed by atoms with Crippen LogP contribution in [0.25, 0.3) is 0 Å². The van der Waals surface area contributed by atoms with Crippen LogP contribution >= 0.6 is 0 Å². The average molecular weight is 284 g/mol. The summed E-state index contributed by atoms with van der Waals surface area (Å²) < 4.78 is 8.90. The Morgan fingerprint density at radius 2 is 2.00 bits per heavy atom. The second-order valence-electron chi connectivity index (χ2n) is 3.98. The van der Waals surface area contributed by atoms with Crippen molar-refractivity contribution < 1.29 is 29.3 Å². The molecule has 0 aliphatic heterocycles. The minimum Gasteiger partial charge on any atom is -0.469 e. The van der Waals surface area contributed by atoms with E-state index in [1.165, 1.54) is 19.4 Å². The van der Waals surface area contributed by atoms with Crippen molar-refractivity contribution in [2.75, 3.05) is 20.0 Å². The molecular weight excluding hydrogens is 268 g/mol. The first kappa shape index (κ1) is 15.9. The zero-order chi connectivity index (χ0) is 15.3. The van der Waals surface area contributed by atoms with Gasteiger partial charge in [-0.15, -0.1) is 0 Å². The summed E-state index contributed by atoms with van der Waals surface area (Å²) in [7, 11) is 2.36. The van der Waals surface area contributed by atoms with E-state index in [0.717, 1.165) is 7.11 Å². The highest BCUT2D eigenvalue weighted by Crippen LogP contribution is 2.24. The minimum absolute atomic E-state index is 0.0318. The number of nitrogen functional groups attached to an aromatic ring is 1. The summed E-state index contributed by atoms with van der Waals surface area (Å²) >= 11 is 0. The van der Waals surface area contributed by atoms with E-state index < -0.39 is 30.6 Å². The van der Waals surface area contributed by atoms with Crippen LogP contribution in [0.15, 0.2) is 12.3 Å². The molecule has 4 N–H and O–H groups in total. The fourth-order valence-corrected chi connectivity index (χ4v) is 1.53. The number of aromatic nitrogens is 1. The molecule has 0 radical (unpaired) electrons. The highest BCUT2D eigenvalue weighted by Gasteiger charge is 2.25. The van der Waals surface area contributed by atoms with E-state index in [1.807, 2.05) is 0 Å². The molecule has 8 heteroatoms. The molecule has 110 valence electrons. The van der Waals surface area contributed by atoms with Crippen LogP contribution < -0.4 is 5.73 Å². The number of carbonyl (C=O) groups excluding carboxylic acids is 2. The lowest BCUT2D eigenvalue weighted by molar-refractivity contribution is -0.144. The van der Waals surface area contributed by atoms with Gasteiger partial charge in [0.2, 0.25) is 0 Å². The maximum atomic E-state index is 11.4. The van der Waals surface area contributed by atoms with Crippen LogP contribution in [-0.4, -0.2) is 47.5 Å². The fourth-order valence-electron chi connectivity index (χ4n) is 1.53.